The van der Waals surface area contributed by atoms with Gasteiger partial charge < -0.3 is 15.2 Å². The van der Waals surface area contributed by atoms with Crippen LogP contribution in [0.25, 0.3) is 6.08 Å². The highest BCUT2D eigenvalue weighted by Crippen LogP contribution is 2.34. The predicted octanol–water partition coefficient (Wildman–Crippen LogP) is 2.32. The standard InChI is InChI=1S/C15H19NO3/c1-4-6-12-9-11(7-8-14(16)17)10-13(18-3)15(12)19-5-2/h4,7-10H,1,5-6H2,2-3H3,(H2,16,17)/b8-7-. The van der Waals surface area contributed by atoms with Gasteiger partial charge in [0.25, 0.3) is 0 Å². The molecule has 0 unspecified atom stereocenters. The fourth-order valence-electron chi connectivity index (χ4n) is 1.73. The molecule has 0 heterocycles. The van der Waals surface area contributed by atoms with Crippen molar-refractivity contribution in [2.24, 2.45) is 5.73 Å². The van der Waals surface area contributed by atoms with E-state index in [1.165, 1.54) is 6.08 Å². The van der Waals surface area contributed by atoms with Crippen molar-refractivity contribution in [3.63, 3.8) is 0 Å². The maximum atomic E-state index is 10.8. The highest BCUT2D eigenvalue weighted by atomic mass is 16.5. The van der Waals surface area contributed by atoms with Crippen LogP contribution in [0.2, 0.25) is 0 Å². The van der Waals surface area contributed by atoms with E-state index >= 15 is 0 Å². The van der Waals surface area contributed by atoms with E-state index in [1.807, 2.05) is 13.0 Å². The number of carbonyl (C=O) groups excluding carboxylic acids is 1. The number of nitrogens with two attached hydrogens (primary N) is 1. The lowest BCUT2D eigenvalue weighted by atomic mass is 10.0. The number of primary amides is 1. The summed E-state index contributed by atoms with van der Waals surface area (Å²) < 4.78 is 10.9. The lowest BCUT2D eigenvalue weighted by Crippen LogP contribution is -2.05. The summed E-state index contributed by atoms with van der Waals surface area (Å²) in [6, 6.07) is 3.73. The van der Waals surface area contributed by atoms with Crippen LogP contribution in [0.15, 0.2) is 30.9 Å². The van der Waals surface area contributed by atoms with Crippen molar-refractivity contribution in [2.45, 2.75) is 13.3 Å². The molecule has 1 amide bonds. The van der Waals surface area contributed by atoms with E-state index in [-0.39, 0.29) is 0 Å². The van der Waals surface area contributed by atoms with Crippen LogP contribution >= 0.6 is 0 Å². The molecule has 0 aliphatic carbocycles. The molecular formula is C15H19NO3. The van der Waals surface area contributed by atoms with Gasteiger partial charge in [-0.05, 0) is 37.1 Å². The third-order valence-electron chi connectivity index (χ3n) is 2.47. The van der Waals surface area contributed by atoms with E-state index in [0.717, 1.165) is 11.1 Å². The number of methoxy groups -OCH3 is 1. The highest BCUT2D eigenvalue weighted by molar-refractivity contribution is 5.90. The second-order valence-electron chi connectivity index (χ2n) is 3.87. The van der Waals surface area contributed by atoms with Gasteiger partial charge in [0, 0.05) is 11.6 Å². The Balaban J connectivity index is 3.26. The highest BCUT2D eigenvalue weighted by Gasteiger charge is 2.11. The molecule has 1 aromatic carbocycles. The minimum atomic E-state index is -0.488. The van der Waals surface area contributed by atoms with Gasteiger partial charge in [0.15, 0.2) is 11.5 Å². The van der Waals surface area contributed by atoms with Gasteiger partial charge in [-0.15, -0.1) is 6.58 Å². The average molecular weight is 261 g/mol. The Morgan fingerprint density at radius 3 is 2.74 bits per heavy atom. The molecule has 0 saturated carbocycles. The van der Waals surface area contributed by atoms with Crippen LogP contribution in [0.5, 0.6) is 11.5 Å². The van der Waals surface area contributed by atoms with Gasteiger partial charge in [0.05, 0.1) is 13.7 Å². The van der Waals surface area contributed by atoms with Gasteiger partial charge in [-0.2, -0.15) is 0 Å². The molecule has 19 heavy (non-hydrogen) atoms. The first-order valence-corrected chi connectivity index (χ1v) is 6.04. The van der Waals surface area contributed by atoms with Gasteiger partial charge in [0.2, 0.25) is 5.91 Å². The summed E-state index contributed by atoms with van der Waals surface area (Å²) in [6.07, 6.45) is 5.41. The first-order valence-electron chi connectivity index (χ1n) is 6.04. The monoisotopic (exact) mass is 261 g/mol. The molecule has 0 radical (unpaired) electrons. The van der Waals surface area contributed by atoms with Crippen LogP contribution in [0, 0.1) is 0 Å². The van der Waals surface area contributed by atoms with Gasteiger partial charge in [0.1, 0.15) is 0 Å². The molecule has 0 saturated heterocycles. The summed E-state index contributed by atoms with van der Waals surface area (Å²) in [5.74, 6) is 0.851. The summed E-state index contributed by atoms with van der Waals surface area (Å²) in [7, 11) is 1.58. The zero-order valence-electron chi connectivity index (χ0n) is 11.3. The fraction of sp³-hybridized carbons (Fsp3) is 0.267. The lowest BCUT2D eigenvalue weighted by molar-refractivity contribution is -0.113. The van der Waals surface area contributed by atoms with Crippen molar-refractivity contribution in [3.05, 3.63) is 42.0 Å². The number of carbonyl (C=O) groups is 1. The summed E-state index contributed by atoms with van der Waals surface area (Å²) in [6.45, 7) is 6.20. The van der Waals surface area contributed by atoms with Crippen LogP contribution in [-0.2, 0) is 11.2 Å². The van der Waals surface area contributed by atoms with Crippen molar-refractivity contribution >= 4 is 12.0 Å². The van der Waals surface area contributed by atoms with Crippen molar-refractivity contribution < 1.29 is 14.3 Å². The number of allylic oxidation sites excluding steroid dienone is 1. The van der Waals surface area contributed by atoms with Gasteiger partial charge >= 0.3 is 0 Å². The topological polar surface area (TPSA) is 61.6 Å². The van der Waals surface area contributed by atoms with Crippen molar-refractivity contribution in [1.82, 2.24) is 0 Å². The maximum Gasteiger partial charge on any atom is 0.241 e. The Labute approximate surface area is 113 Å². The lowest BCUT2D eigenvalue weighted by Gasteiger charge is -2.14. The summed E-state index contributed by atoms with van der Waals surface area (Å²) in [4.78, 5) is 10.8. The van der Waals surface area contributed by atoms with Gasteiger partial charge in [-0.1, -0.05) is 6.08 Å². The number of hydrogen-bond acceptors (Lipinski definition) is 3. The number of rotatable bonds is 7. The average Bonchev–Trinajstić information content (AvgIpc) is 2.39. The molecule has 0 bridgehead atoms. The second kappa shape index (κ2) is 7.26. The largest absolute Gasteiger partial charge is 0.493 e. The van der Waals surface area contributed by atoms with Crippen molar-refractivity contribution in [1.29, 1.82) is 0 Å². The number of amides is 1. The van der Waals surface area contributed by atoms with E-state index in [4.69, 9.17) is 15.2 Å². The van der Waals surface area contributed by atoms with Crippen molar-refractivity contribution in [2.75, 3.05) is 13.7 Å². The quantitative estimate of drug-likeness (QED) is 0.605. The van der Waals surface area contributed by atoms with Gasteiger partial charge in [-0.25, -0.2) is 0 Å². The first kappa shape index (κ1) is 14.8. The smallest absolute Gasteiger partial charge is 0.241 e. The summed E-state index contributed by atoms with van der Waals surface area (Å²) in [5.41, 5.74) is 6.88. The molecule has 0 aromatic heterocycles. The van der Waals surface area contributed by atoms with Crippen LogP contribution in [0.1, 0.15) is 18.1 Å². The molecule has 4 nitrogen and oxygen atoms in total. The van der Waals surface area contributed by atoms with Crippen LogP contribution < -0.4 is 15.2 Å². The summed E-state index contributed by atoms with van der Waals surface area (Å²) in [5, 5.41) is 0. The van der Waals surface area contributed by atoms with Crippen LogP contribution in [0.4, 0.5) is 0 Å². The zero-order chi connectivity index (χ0) is 14.3. The van der Waals surface area contributed by atoms with Crippen LogP contribution in [-0.4, -0.2) is 19.6 Å². The van der Waals surface area contributed by atoms with E-state index < -0.39 is 5.91 Å². The van der Waals surface area contributed by atoms with Gasteiger partial charge in [-0.3, -0.25) is 4.79 Å². The fourth-order valence-corrected chi connectivity index (χ4v) is 1.73. The zero-order valence-corrected chi connectivity index (χ0v) is 11.3. The molecular weight excluding hydrogens is 242 g/mol. The second-order valence-corrected chi connectivity index (χ2v) is 3.87. The Bertz CT molecular complexity index is 492. The third-order valence-corrected chi connectivity index (χ3v) is 2.47. The molecule has 1 rings (SSSR count). The molecule has 4 heteroatoms. The maximum absolute atomic E-state index is 10.8. The molecule has 0 aliphatic rings. The van der Waals surface area contributed by atoms with Crippen molar-refractivity contribution in [3.8, 4) is 11.5 Å². The summed E-state index contributed by atoms with van der Waals surface area (Å²) >= 11 is 0. The number of ether oxygens (including phenoxy) is 2. The SMILES string of the molecule is C=CCc1cc(/C=C\C(N)=O)cc(OC)c1OCC. The number of benzene rings is 1. The minimum absolute atomic E-state index is 0.488. The van der Waals surface area contributed by atoms with E-state index in [9.17, 15) is 4.79 Å². The normalized spacial score (nSPS) is 10.4. The molecule has 0 atom stereocenters. The van der Waals surface area contributed by atoms with E-state index in [2.05, 4.69) is 6.58 Å². The molecule has 1 aromatic rings. The van der Waals surface area contributed by atoms with Crippen LogP contribution in [0.3, 0.4) is 0 Å². The van der Waals surface area contributed by atoms with E-state index in [0.29, 0.717) is 24.5 Å². The molecule has 2 N–H and O–H groups in total. The Morgan fingerprint density at radius 1 is 1.47 bits per heavy atom. The Kier molecular flexibility index (Phi) is 5.67. The molecule has 0 fully saturated rings. The Morgan fingerprint density at radius 2 is 2.21 bits per heavy atom. The third kappa shape index (κ3) is 4.17. The predicted molar refractivity (Wildman–Crippen MR) is 76.3 cm³/mol. The molecule has 0 aliphatic heterocycles. The van der Waals surface area contributed by atoms with E-state index in [1.54, 1.807) is 25.3 Å². The minimum Gasteiger partial charge on any atom is -0.493 e. The number of hydrogen-bond donors (Lipinski definition) is 1. The first-order chi connectivity index (χ1) is 9.12. The Hall–Kier alpha value is -2.23. The molecule has 102 valence electrons. The molecule has 0 spiro atoms.